The summed E-state index contributed by atoms with van der Waals surface area (Å²) in [5, 5.41) is 2.86. The summed E-state index contributed by atoms with van der Waals surface area (Å²) < 4.78 is 42.4. The van der Waals surface area contributed by atoms with Gasteiger partial charge in [-0.3, -0.25) is 14.6 Å². The fourth-order valence-corrected chi connectivity index (χ4v) is 4.14. The number of carbonyl (C=O) groups is 2. The molecule has 0 radical (unpaired) electrons. The van der Waals surface area contributed by atoms with Crippen LogP contribution in [-0.2, 0) is 9.59 Å². The smallest absolute Gasteiger partial charge is 0.405 e. The molecule has 1 fully saturated rings. The Morgan fingerprint density at radius 2 is 1.94 bits per heavy atom. The lowest BCUT2D eigenvalue weighted by Crippen LogP contribution is -2.50. The van der Waals surface area contributed by atoms with E-state index in [-0.39, 0.29) is 16.2 Å². The molecular formula is C24H24ClF3N4O3. The van der Waals surface area contributed by atoms with E-state index in [0.717, 1.165) is 19.0 Å². The summed E-state index contributed by atoms with van der Waals surface area (Å²) in [6.45, 7) is 0.390. The largest absolute Gasteiger partial charge is 0.573 e. The Morgan fingerprint density at radius 3 is 2.60 bits per heavy atom. The van der Waals surface area contributed by atoms with Gasteiger partial charge in [0.05, 0.1) is 10.6 Å². The molecule has 3 rings (SSSR count). The van der Waals surface area contributed by atoms with Crippen LogP contribution in [0.4, 0.5) is 18.9 Å². The highest BCUT2D eigenvalue weighted by atomic mass is 35.5. The van der Waals surface area contributed by atoms with Gasteiger partial charge in [0.1, 0.15) is 11.8 Å². The first kappa shape index (κ1) is 26.1. The molecule has 3 N–H and O–H groups in total. The maximum atomic E-state index is 13.1. The summed E-state index contributed by atoms with van der Waals surface area (Å²) >= 11 is 6.36. The maximum Gasteiger partial charge on any atom is 0.573 e. The minimum Gasteiger partial charge on any atom is -0.405 e. The van der Waals surface area contributed by atoms with Gasteiger partial charge in [-0.25, -0.2) is 0 Å². The van der Waals surface area contributed by atoms with E-state index in [2.05, 4.69) is 15.0 Å². The number of hydrogen-bond acceptors (Lipinski definition) is 5. The third-order valence-electron chi connectivity index (χ3n) is 5.40. The second-order valence-electron chi connectivity index (χ2n) is 7.75. The lowest BCUT2D eigenvalue weighted by Gasteiger charge is -2.34. The average Bonchev–Trinajstić information content (AvgIpc) is 2.82. The molecule has 0 aromatic heterocycles. The van der Waals surface area contributed by atoms with E-state index in [1.54, 1.807) is 6.07 Å². The first-order valence-corrected chi connectivity index (χ1v) is 11.1. The van der Waals surface area contributed by atoms with Crippen molar-refractivity contribution in [3.05, 3.63) is 59.3 Å². The van der Waals surface area contributed by atoms with E-state index >= 15 is 0 Å². The van der Waals surface area contributed by atoms with E-state index < -0.39 is 30.0 Å². The molecule has 0 aliphatic carbocycles. The van der Waals surface area contributed by atoms with E-state index in [4.69, 9.17) is 17.3 Å². The number of rotatable bonds is 6. The number of carbonyl (C=O) groups excluding carboxylic acids is 2. The number of para-hydroxylation sites is 1. The van der Waals surface area contributed by atoms with Gasteiger partial charge in [0.2, 0.25) is 5.91 Å². The molecule has 2 aromatic rings. The summed E-state index contributed by atoms with van der Waals surface area (Å²) in [5.41, 5.74) is 6.51. The Morgan fingerprint density at radius 1 is 1.20 bits per heavy atom. The van der Waals surface area contributed by atoms with Gasteiger partial charge in [-0.05, 0) is 37.5 Å². The number of ether oxygens (including phenoxy) is 1. The van der Waals surface area contributed by atoms with Gasteiger partial charge in [0, 0.05) is 42.8 Å². The number of amides is 2. The number of alkyl halides is 3. The molecule has 0 bridgehead atoms. The lowest BCUT2D eigenvalue weighted by molar-refractivity contribution is -0.274. The number of nitrogens with zero attached hydrogens (tertiary/aromatic N) is 2. The van der Waals surface area contributed by atoms with Gasteiger partial charge >= 0.3 is 6.36 Å². The highest BCUT2D eigenvalue weighted by molar-refractivity contribution is 6.33. The highest BCUT2D eigenvalue weighted by Gasteiger charge is 2.34. The van der Waals surface area contributed by atoms with E-state index in [9.17, 15) is 22.8 Å². The van der Waals surface area contributed by atoms with E-state index in [1.807, 2.05) is 0 Å². The van der Waals surface area contributed by atoms with E-state index in [1.165, 1.54) is 54.6 Å². The van der Waals surface area contributed by atoms with Crippen LogP contribution >= 0.6 is 11.6 Å². The van der Waals surface area contributed by atoms with Crippen LogP contribution in [0, 0.1) is 0 Å². The van der Waals surface area contributed by atoms with Gasteiger partial charge in [0.15, 0.2) is 0 Å². The molecule has 1 heterocycles. The molecule has 2 aromatic carbocycles. The van der Waals surface area contributed by atoms with Crippen LogP contribution < -0.4 is 15.8 Å². The predicted octanol–water partition coefficient (Wildman–Crippen LogP) is 4.77. The molecule has 11 heteroatoms. The van der Waals surface area contributed by atoms with Gasteiger partial charge in [-0.2, -0.15) is 0 Å². The highest BCUT2D eigenvalue weighted by Crippen LogP contribution is 2.38. The van der Waals surface area contributed by atoms with Gasteiger partial charge in [-0.1, -0.05) is 35.9 Å². The lowest BCUT2D eigenvalue weighted by atomic mass is 10.00. The number of nitrogens with two attached hydrogens (primary N) is 1. The Hall–Kier alpha value is -3.53. The SMILES string of the molecule is CN=CC(=CN)C(=O)N1CCCCC1C(=O)Nc1ccc(-c2ccccc2OC(F)(F)F)c(Cl)c1. The van der Waals surface area contributed by atoms with Crippen molar-refractivity contribution < 1.29 is 27.5 Å². The van der Waals surface area contributed by atoms with Crippen molar-refractivity contribution in [1.82, 2.24) is 4.90 Å². The standard InChI is InChI=1S/C24H24ClF3N4O3/c1-30-14-15(13-29)23(34)32-11-5-4-7-20(32)22(33)31-16-9-10-17(19(25)12-16)18-6-2-3-8-21(18)35-24(26,27)28/h2-3,6,8-10,12-14,20H,4-5,7,11,29H2,1H3,(H,31,33). The molecule has 1 atom stereocenters. The van der Waals surface area contributed by atoms with Crippen molar-refractivity contribution >= 4 is 35.3 Å². The van der Waals surface area contributed by atoms with Crippen molar-refractivity contribution in [1.29, 1.82) is 0 Å². The quantitative estimate of drug-likeness (QED) is 0.434. The molecule has 35 heavy (non-hydrogen) atoms. The zero-order valence-corrected chi connectivity index (χ0v) is 19.6. The Kier molecular flexibility index (Phi) is 8.39. The Labute approximate surface area is 205 Å². The molecule has 1 saturated heterocycles. The normalized spacial score (nSPS) is 16.9. The number of hydrogen-bond donors (Lipinski definition) is 2. The fourth-order valence-electron chi connectivity index (χ4n) is 3.86. The Balaban J connectivity index is 1.81. The average molecular weight is 509 g/mol. The molecule has 1 aliphatic heterocycles. The molecular weight excluding hydrogens is 485 g/mol. The van der Waals surface area contributed by atoms with Gasteiger partial charge in [0.25, 0.3) is 5.91 Å². The predicted molar refractivity (Wildman–Crippen MR) is 128 cm³/mol. The molecule has 0 spiro atoms. The van der Waals surface area contributed by atoms with Gasteiger partial charge < -0.3 is 20.7 Å². The summed E-state index contributed by atoms with van der Waals surface area (Å²) in [4.78, 5) is 31.2. The molecule has 2 amide bonds. The molecule has 7 nitrogen and oxygen atoms in total. The third kappa shape index (κ3) is 6.54. The van der Waals surface area contributed by atoms with Crippen molar-refractivity contribution in [2.45, 2.75) is 31.7 Å². The monoisotopic (exact) mass is 508 g/mol. The number of piperidine rings is 1. The van der Waals surface area contributed by atoms with Crippen molar-refractivity contribution in [3.8, 4) is 16.9 Å². The third-order valence-corrected chi connectivity index (χ3v) is 5.71. The zero-order valence-electron chi connectivity index (χ0n) is 18.8. The summed E-state index contributed by atoms with van der Waals surface area (Å²) in [7, 11) is 1.51. The Bertz CT molecular complexity index is 1150. The van der Waals surface area contributed by atoms with Crippen LogP contribution in [0.1, 0.15) is 19.3 Å². The first-order chi connectivity index (χ1) is 16.6. The van der Waals surface area contributed by atoms with Gasteiger partial charge in [-0.15, -0.1) is 13.2 Å². The number of anilines is 1. The zero-order chi connectivity index (χ0) is 25.6. The minimum atomic E-state index is -4.86. The molecule has 186 valence electrons. The summed E-state index contributed by atoms with van der Waals surface area (Å²) in [6, 6.07) is 9.35. The fraction of sp³-hybridized carbons (Fsp3) is 0.292. The summed E-state index contributed by atoms with van der Waals surface area (Å²) in [6.07, 6.45) is -0.394. The second kappa shape index (κ2) is 11.3. The number of benzene rings is 2. The number of nitrogens with one attached hydrogen (secondary N) is 1. The van der Waals surface area contributed by atoms with Crippen molar-refractivity contribution in [2.75, 3.05) is 18.9 Å². The number of aliphatic imine (C=N–C) groups is 1. The van der Waals surface area contributed by atoms with Crippen LogP contribution in [0.15, 0.2) is 59.2 Å². The van der Waals surface area contributed by atoms with Crippen molar-refractivity contribution in [3.63, 3.8) is 0 Å². The van der Waals surface area contributed by atoms with Crippen molar-refractivity contribution in [2.24, 2.45) is 10.7 Å². The molecule has 1 aliphatic rings. The van der Waals surface area contributed by atoms with Crippen LogP contribution in [0.5, 0.6) is 5.75 Å². The molecule has 0 saturated carbocycles. The van der Waals surface area contributed by atoms with Crippen LogP contribution in [0.3, 0.4) is 0 Å². The topological polar surface area (TPSA) is 97.0 Å². The van der Waals surface area contributed by atoms with E-state index in [0.29, 0.717) is 24.2 Å². The number of likely N-dealkylation sites (tertiary alicyclic amines) is 1. The molecule has 1 unspecified atom stereocenters. The van der Waals surface area contributed by atoms with Crippen LogP contribution in [0.25, 0.3) is 11.1 Å². The second-order valence-corrected chi connectivity index (χ2v) is 8.15. The minimum absolute atomic E-state index is 0.116. The number of halogens is 4. The summed E-state index contributed by atoms with van der Waals surface area (Å²) in [5.74, 6) is -1.20. The maximum absolute atomic E-state index is 13.1. The first-order valence-electron chi connectivity index (χ1n) is 10.7. The van der Waals surface area contributed by atoms with Crippen LogP contribution in [0.2, 0.25) is 5.02 Å². The van der Waals surface area contributed by atoms with Crippen LogP contribution in [-0.4, -0.2) is 48.9 Å².